The van der Waals surface area contributed by atoms with Crippen LogP contribution in [0.1, 0.15) is 12.5 Å². The van der Waals surface area contributed by atoms with E-state index in [9.17, 15) is 9.59 Å². The topological polar surface area (TPSA) is 84.7 Å². The number of methoxy groups -OCH3 is 1. The van der Waals surface area contributed by atoms with Crippen LogP contribution in [-0.2, 0) is 10.3 Å². The molecule has 1 saturated heterocycles. The first-order chi connectivity index (χ1) is 7.99. The number of rotatable bonds is 2. The molecule has 1 aliphatic rings. The maximum absolute atomic E-state index is 11.9. The van der Waals surface area contributed by atoms with Gasteiger partial charge in [0, 0.05) is 0 Å². The van der Waals surface area contributed by atoms with Crippen LogP contribution in [0.15, 0.2) is 24.3 Å². The molecule has 17 heavy (non-hydrogen) atoms. The quantitative estimate of drug-likeness (QED) is 0.439. The van der Waals surface area contributed by atoms with Gasteiger partial charge < -0.3 is 10.1 Å². The fourth-order valence-electron chi connectivity index (χ4n) is 1.78. The Balaban J connectivity index is 2.38. The molecule has 90 valence electrons. The summed E-state index contributed by atoms with van der Waals surface area (Å²) in [5.74, 6) is 5.54. The minimum absolute atomic E-state index is 0.479. The van der Waals surface area contributed by atoms with Gasteiger partial charge in [0.25, 0.3) is 5.91 Å². The Kier molecular flexibility index (Phi) is 2.51. The summed E-state index contributed by atoms with van der Waals surface area (Å²) in [5.41, 5.74) is -0.456. The first-order valence-electron chi connectivity index (χ1n) is 5.05. The van der Waals surface area contributed by atoms with Gasteiger partial charge in [-0.25, -0.2) is 10.6 Å². The normalized spacial score (nSPS) is 23.8. The third-order valence-corrected chi connectivity index (χ3v) is 2.89. The molecule has 1 aliphatic heterocycles. The van der Waals surface area contributed by atoms with Crippen molar-refractivity contribution in [2.45, 2.75) is 12.5 Å². The van der Waals surface area contributed by atoms with E-state index in [4.69, 9.17) is 10.6 Å². The van der Waals surface area contributed by atoms with Crippen LogP contribution in [0.4, 0.5) is 4.79 Å². The second-order valence-electron chi connectivity index (χ2n) is 3.96. The smallest absolute Gasteiger partial charge is 0.339 e. The minimum Gasteiger partial charge on any atom is -0.497 e. The van der Waals surface area contributed by atoms with E-state index < -0.39 is 17.5 Å². The highest BCUT2D eigenvalue weighted by Gasteiger charge is 2.48. The van der Waals surface area contributed by atoms with Crippen LogP contribution in [0.3, 0.4) is 0 Å². The molecular formula is C11H13N3O3. The molecule has 3 N–H and O–H groups in total. The fraction of sp³-hybridized carbons (Fsp3) is 0.273. The average molecular weight is 235 g/mol. The Morgan fingerprint density at radius 3 is 2.29 bits per heavy atom. The van der Waals surface area contributed by atoms with Crippen molar-refractivity contribution in [3.05, 3.63) is 29.8 Å². The van der Waals surface area contributed by atoms with Gasteiger partial charge in [-0.3, -0.25) is 4.79 Å². The highest BCUT2D eigenvalue weighted by atomic mass is 16.5. The lowest BCUT2D eigenvalue weighted by atomic mass is 9.92. The van der Waals surface area contributed by atoms with Gasteiger partial charge in [0.15, 0.2) is 0 Å². The second kappa shape index (κ2) is 3.74. The number of imide groups is 1. The average Bonchev–Trinajstić information content (AvgIpc) is 2.55. The van der Waals surface area contributed by atoms with Crippen molar-refractivity contribution < 1.29 is 14.3 Å². The molecule has 0 bridgehead atoms. The molecule has 0 aromatic heterocycles. The van der Waals surface area contributed by atoms with Crippen LogP contribution in [-0.4, -0.2) is 24.1 Å². The molecule has 0 radical (unpaired) electrons. The number of nitrogens with two attached hydrogens (primary N) is 1. The number of hydrogen-bond acceptors (Lipinski definition) is 4. The number of amides is 3. The summed E-state index contributed by atoms with van der Waals surface area (Å²) in [6, 6.07) is 6.28. The van der Waals surface area contributed by atoms with Crippen LogP contribution in [0.5, 0.6) is 5.75 Å². The van der Waals surface area contributed by atoms with Crippen LogP contribution in [0.2, 0.25) is 0 Å². The predicted molar refractivity (Wildman–Crippen MR) is 59.9 cm³/mol. The van der Waals surface area contributed by atoms with E-state index in [1.165, 1.54) is 0 Å². The molecular weight excluding hydrogens is 222 g/mol. The lowest BCUT2D eigenvalue weighted by Gasteiger charge is -2.21. The molecule has 1 aromatic rings. The number of ether oxygens (including phenoxy) is 1. The zero-order valence-electron chi connectivity index (χ0n) is 9.56. The Morgan fingerprint density at radius 1 is 1.29 bits per heavy atom. The number of hydrogen-bond donors (Lipinski definition) is 2. The van der Waals surface area contributed by atoms with Crippen molar-refractivity contribution in [2.75, 3.05) is 7.11 Å². The predicted octanol–water partition coefficient (Wildman–Crippen LogP) is 0.336. The number of benzene rings is 1. The molecule has 1 aromatic carbocycles. The summed E-state index contributed by atoms with van der Waals surface area (Å²) in [7, 11) is 1.56. The second-order valence-corrected chi connectivity index (χ2v) is 3.96. The maximum Gasteiger partial charge on any atom is 0.339 e. The van der Waals surface area contributed by atoms with Crippen LogP contribution in [0, 0.1) is 0 Å². The van der Waals surface area contributed by atoms with Gasteiger partial charge >= 0.3 is 6.03 Å². The first-order valence-corrected chi connectivity index (χ1v) is 5.05. The number of hydrazine groups is 1. The number of carbonyl (C=O) groups is 2. The molecule has 1 atom stereocenters. The third kappa shape index (κ3) is 1.62. The number of urea groups is 1. The van der Waals surface area contributed by atoms with Gasteiger partial charge in [-0.1, -0.05) is 12.1 Å². The molecule has 0 spiro atoms. The lowest BCUT2D eigenvalue weighted by molar-refractivity contribution is -0.131. The van der Waals surface area contributed by atoms with Gasteiger partial charge in [-0.2, -0.15) is 5.01 Å². The highest BCUT2D eigenvalue weighted by Crippen LogP contribution is 2.28. The molecule has 0 aliphatic carbocycles. The van der Waals surface area contributed by atoms with Crippen molar-refractivity contribution in [1.29, 1.82) is 0 Å². The van der Waals surface area contributed by atoms with Crippen molar-refractivity contribution in [3.63, 3.8) is 0 Å². The molecule has 6 heteroatoms. The van der Waals surface area contributed by atoms with E-state index in [0.717, 1.165) is 0 Å². The van der Waals surface area contributed by atoms with Crippen LogP contribution < -0.4 is 15.9 Å². The van der Waals surface area contributed by atoms with Crippen molar-refractivity contribution >= 4 is 11.9 Å². The fourth-order valence-corrected chi connectivity index (χ4v) is 1.78. The van der Waals surface area contributed by atoms with Crippen molar-refractivity contribution in [2.24, 2.45) is 5.84 Å². The number of carbonyl (C=O) groups excluding carboxylic acids is 2. The molecule has 0 unspecified atom stereocenters. The molecule has 6 nitrogen and oxygen atoms in total. The molecule has 1 fully saturated rings. The van der Waals surface area contributed by atoms with E-state index in [1.54, 1.807) is 38.3 Å². The summed E-state index contributed by atoms with van der Waals surface area (Å²) in [6.45, 7) is 1.61. The first kappa shape index (κ1) is 11.4. The molecule has 3 amide bonds. The zero-order valence-corrected chi connectivity index (χ0v) is 9.56. The number of nitrogens with one attached hydrogen (secondary N) is 1. The Bertz CT molecular complexity index is 471. The van der Waals surface area contributed by atoms with E-state index >= 15 is 0 Å². The van der Waals surface area contributed by atoms with Gasteiger partial charge in [0.05, 0.1) is 7.11 Å². The molecule has 0 saturated carbocycles. The third-order valence-electron chi connectivity index (χ3n) is 2.89. The summed E-state index contributed by atoms with van der Waals surface area (Å²) in [4.78, 5) is 23.2. The van der Waals surface area contributed by atoms with Gasteiger partial charge in [-0.05, 0) is 24.6 Å². The molecule has 1 heterocycles. The monoisotopic (exact) mass is 235 g/mol. The van der Waals surface area contributed by atoms with E-state index in [0.29, 0.717) is 16.3 Å². The SMILES string of the molecule is COc1ccc([C@@]2(C)NC(=O)N(N)C2=O)cc1. The number of nitrogens with zero attached hydrogens (tertiary/aromatic N) is 1. The van der Waals surface area contributed by atoms with E-state index in [1.807, 2.05) is 0 Å². The summed E-state index contributed by atoms with van der Waals surface area (Å²) in [5, 5.41) is 3.14. The van der Waals surface area contributed by atoms with Crippen molar-refractivity contribution in [3.8, 4) is 5.75 Å². The minimum atomic E-state index is -1.11. The lowest BCUT2D eigenvalue weighted by Crippen LogP contribution is -2.42. The van der Waals surface area contributed by atoms with E-state index in [-0.39, 0.29) is 0 Å². The van der Waals surface area contributed by atoms with Crippen LogP contribution in [0.25, 0.3) is 0 Å². The summed E-state index contributed by atoms with van der Waals surface area (Å²) >= 11 is 0. The largest absolute Gasteiger partial charge is 0.497 e. The Hall–Kier alpha value is -2.08. The zero-order chi connectivity index (χ0) is 12.6. The molecule has 2 rings (SSSR count). The van der Waals surface area contributed by atoms with Crippen LogP contribution >= 0.6 is 0 Å². The summed E-state index contributed by atoms with van der Waals surface area (Å²) < 4.78 is 5.03. The standard InChI is InChI=1S/C11H13N3O3/c1-11(9(15)14(12)10(16)13-11)7-3-5-8(17-2)6-4-7/h3-6H,12H2,1-2H3,(H,13,16)/t11-/m1/s1. The van der Waals surface area contributed by atoms with Gasteiger partial charge in [0.2, 0.25) is 0 Å². The maximum atomic E-state index is 11.9. The highest BCUT2D eigenvalue weighted by molar-refractivity contribution is 6.06. The van der Waals surface area contributed by atoms with Gasteiger partial charge in [0.1, 0.15) is 11.3 Å². The Morgan fingerprint density at radius 2 is 1.88 bits per heavy atom. The Labute approximate surface area is 98.3 Å². The van der Waals surface area contributed by atoms with Crippen molar-refractivity contribution in [1.82, 2.24) is 10.3 Å². The summed E-state index contributed by atoms with van der Waals surface area (Å²) in [6.07, 6.45) is 0. The van der Waals surface area contributed by atoms with E-state index in [2.05, 4.69) is 5.32 Å². The van der Waals surface area contributed by atoms with Gasteiger partial charge in [-0.15, -0.1) is 0 Å².